The van der Waals surface area contributed by atoms with Crippen LogP contribution < -0.4 is 15.6 Å². The van der Waals surface area contributed by atoms with E-state index in [-0.39, 0.29) is 0 Å². The van der Waals surface area contributed by atoms with Gasteiger partial charge in [0.25, 0.3) is 0 Å². The molecule has 0 saturated carbocycles. The van der Waals surface area contributed by atoms with Crippen molar-refractivity contribution in [1.82, 2.24) is 4.83 Å². The monoisotopic (exact) mass is 229 g/mol. The first-order valence-corrected chi connectivity index (χ1v) is 5.25. The number of nitrogens with one attached hydrogen (secondary N) is 1. The van der Waals surface area contributed by atoms with Crippen LogP contribution in [0.25, 0.3) is 0 Å². The van der Waals surface area contributed by atoms with Gasteiger partial charge in [0.05, 0.1) is 5.69 Å². The van der Waals surface area contributed by atoms with Crippen LogP contribution in [0.5, 0.6) is 0 Å². The molecule has 6 nitrogen and oxygen atoms in total. The minimum atomic E-state index is -2.93. The number of hydrogen-bond acceptors (Lipinski definition) is 3. The smallest absolute Gasteiger partial charge is 0.334 e. The van der Waals surface area contributed by atoms with E-state index in [2.05, 4.69) is 0 Å². The number of aryl methyl sites for hydroxylation is 1. The van der Waals surface area contributed by atoms with Crippen molar-refractivity contribution in [3.05, 3.63) is 29.8 Å². The molecule has 0 aliphatic rings. The molecule has 7 heteroatoms. The van der Waals surface area contributed by atoms with Gasteiger partial charge in [-0.2, -0.15) is 0 Å². The van der Waals surface area contributed by atoms with Gasteiger partial charge < -0.3 is 5.73 Å². The zero-order valence-corrected chi connectivity index (χ0v) is 8.90. The van der Waals surface area contributed by atoms with Crippen molar-refractivity contribution in [3.8, 4) is 0 Å². The second-order valence-electron chi connectivity index (χ2n) is 2.87. The van der Waals surface area contributed by atoms with Gasteiger partial charge in [0.2, 0.25) is 10.9 Å². The summed E-state index contributed by atoms with van der Waals surface area (Å²) in [5.41, 5.74) is 6.38. The minimum Gasteiger partial charge on any atom is -0.350 e. The predicted molar refractivity (Wildman–Crippen MR) is 56.7 cm³/mol. The summed E-state index contributed by atoms with van der Waals surface area (Å²) < 4.78 is 20.9. The molecule has 1 rings (SSSR count). The maximum absolute atomic E-state index is 10.9. The summed E-state index contributed by atoms with van der Waals surface area (Å²) in [4.78, 5) is 12.9. The third-order valence-electron chi connectivity index (χ3n) is 1.69. The lowest BCUT2D eigenvalue weighted by Gasteiger charge is -2.17. The van der Waals surface area contributed by atoms with Crippen LogP contribution in [0.4, 0.5) is 10.5 Å². The molecule has 0 spiro atoms. The molecule has 0 atom stereocenters. The Hall–Kier alpha value is -1.60. The number of thiol groups is 1. The fourth-order valence-corrected chi connectivity index (χ4v) is 1.39. The predicted octanol–water partition coefficient (Wildman–Crippen LogP) is -0.0889. The number of nitrogens with zero attached hydrogens (tertiary/aromatic N) is 1. The highest BCUT2D eigenvalue weighted by molar-refractivity contribution is 7.70. The standard InChI is InChI=1S/C8H11N3O3S/c1-6-2-4-7(5-3-6)11(8(9)12)10-15(13)14/h2-5,15H,1H3,(H2,9,12)(H,10,13,14). The summed E-state index contributed by atoms with van der Waals surface area (Å²) >= 11 is 0. The van der Waals surface area contributed by atoms with Crippen LogP contribution >= 0.6 is 0 Å². The number of amides is 2. The number of hydrazine groups is 1. The highest BCUT2D eigenvalue weighted by Gasteiger charge is 2.11. The fourth-order valence-electron chi connectivity index (χ4n) is 1.01. The number of primary amides is 1. The highest BCUT2D eigenvalue weighted by Crippen LogP contribution is 2.12. The van der Waals surface area contributed by atoms with E-state index < -0.39 is 16.9 Å². The first kappa shape index (κ1) is 11.5. The van der Waals surface area contributed by atoms with Crippen LogP contribution in [-0.4, -0.2) is 14.4 Å². The Morgan fingerprint density at radius 2 is 1.87 bits per heavy atom. The molecule has 2 amide bonds. The van der Waals surface area contributed by atoms with Crippen LogP contribution in [0, 0.1) is 6.92 Å². The molecule has 1 aromatic carbocycles. The minimum absolute atomic E-state index is 0.368. The lowest BCUT2D eigenvalue weighted by atomic mass is 10.2. The summed E-state index contributed by atoms with van der Waals surface area (Å²) in [5, 5.41) is 0.755. The van der Waals surface area contributed by atoms with Crippen molar-refractivity contribution in [1.29, 1.82) is 0 Å². The molecule has 3 N–H and O–H groups in total. The van der Waals surface area contributed by atoms with E-state index in [0.29, 0.717) is 5.69 Å². The second kappa shape index (κ2) is 4.76. The fraction of sp³-hybridized carbons (Fsp3) is 0.125. The van der Waals surface area contributed by atoms with Crippen LogP contribution in [0.3, 0.4) is 0 Å². The van der Waals surface area contributed by atoms with E-state index in [9.17, 15) is 13.2 Å². The number of hydrogen-bond donors (Lipinski definition) is 3. The Kier molecular flexibility index (Phi) is 3.64. The Balaban J connectivity index is 2.98. The summed E-state index contributed by atoms with van der Waals surface area (Å²) in [6, 6.07) is 5.77. The van der Waals surface area contributed by atoms with Crippen molar-refractivity contribution < 1.29 is 13.2 Å². The zero-order chi connectivity index (χ0) is 11.4. The number of anilines is 1. The van der Waals surface area contributed by atoms with Crippen molar-refractivity contribution in [2.45, 2.75) is 6.92 Å². The number of nitrogens with two attached hydrogens (primary N) is 1. The summed E-state index contributed by atoms with van der Waals surface area (Å²) in [7, 11) is -2.93. The SMILES string of the molecule is Cc1ccc(N(N[SH](=O)=O)C(N)=O)cc1. The van der Waals surface area contributed by atoms with Gasteiger partial charge in [-0.05, 0) is 19.1 Å². The maximum atomic E-state index is 10.9. The van der Waals surface area contributed by atoms with Gasteiger partial charge in [-0.25, -0.2) is 18.2 Å². The van der Waals surface area contributed by atoms with Crippen molar-refractivity contribution in [3.63, 3.8) is 0 Å². The van der Waals surface area contributed by atoms with Crippen LogP contribution in [0.1, 0.15) is 5.56 Å². The zero-order valence-electron chi connectivity index (χ0n) is 8.01. The van der Waals surface area contributed by atoms with E-state index in [1.54, 1.807) is 24.3 Å². The molecular weight excluding hydrogens is 218 g/mol. The Morgan fingerprint density at radius 3 is 2.27 bits per heavy atom. The van der Waals surface area contributed by atoms with E-state index in [4.69, 9.17) is 5.73 Å². The maximum Gasteiger partial charge on any atom is 0.334 e. The van der Waals surface area contributed by atoms with Crippen molar-refractivity contribution in [2.75, 3.05) is 5.01 Å². The van der Waals surface area contributed by atoms with Crippen LogP contribution in [0.15, 0.2) is 24.3 Å². The molecule has 0 unspecified atom stereocenters. The van der Waals surface area contributed by atoms with Gasteiger partial charge in [-0.1, -0.05) is 17.7 Å². The average molecular weight is 229 g/mol. The number of rotatable bonds is 3. The van der Waals surface area contributed by atoms with Gasteiger partial charge in [-0.3, -0.25) is 0 Å². The first-order chi connectivity index (χ1) is 7.00. The topological polar surface area (TPSA) is 92.5 Å². The molecular formula is C8H11N3O3S. The van der Waals surface area contributed by atoms with E-state index >= 15 is 0 Å². The average Bonchev–Trinajstić information content (AvgIpc) is 2.15. The second-order valence-corrected chi connectivity index (χ2v) is 3.58. The summed E-state index contributed by atoms with van der Waals surface area (Å²) in [6.07, 6.45) is 0. The lowest BCUT2D eigenvalue weighted by Crippen LogP contribution is -2.45. The Labute approximate surface area is 88.7 Å². The molecule has 82 valence electrons. The molecule has 0 aliphatic carbocycles. The third-order valence-corrected chi connectivity index (χ3v) is 2.06. The lowest BCUT2D eigenvalue weighted by molar-refractivity contribution is 0.253. The Morgan fingerprint density at radius 1 is 1.33 bits per heavy atom. The molecule has 0 bridgehead atoms. The molecule has 0 fully saturated rings. The van der Waals surface area contributed by atoms with Gasteiger partial charge >= 0.3 is 6.03 Å². The third kappa shape index (κ3) is 3.22. The highest BCUT2D eigenvalue weighted by atomic mass is 32.2. The molecule has 0 radical (unpaired) electrons. The van der Waals surface area contributed by atoms with Gasteiger partial charge in [0.15, 0.2) is 0 Å². The van der Waals surface area contributed by atoms with Crippen molar-refractivity contribution >= 4 is 22.6 Å². The van der Waals surface area contributed by atoms with E-state index in [1.807, 2.05) is 11.8 Å². The molecule has 15 heavy (non-hydrogen) atoms. The number of benzene rings is 1. The molecule has 0 saturated heterocycles. The van der Waals surface area contributed by atoms with Gasteiger partial charge in [-0.15, -0.1) is 4.83 Å². The summed E-state index contributed by atoms with van der Waals surface area (Å²) in [6.45, 7) is 1.87. The number of carbonyl (C=O) groups is 1. The van der Waals surface area contributed by atoms with Gasteiger partial charge in [0, 0.05) is 0 Å². The van der Waals surface area contributed by atoms with Gasteiger partial charge in [0.1, 0.15) is 0 Å². The van der Waals surface area contributed by atoms with Crippen molar-refractivity contribution in [2.24, 2.45) is 5.73 Å². The van der Waals surface area contributed by atoms with Crippen LogP contribution in [-0.2, 0) is 10.9 Å². The van der Waals surface area contributed by atoms with E-state index in [1.165, 1.54) is 0 Å². The molecule has 0 aromatic heterocycles. The van der Waals surface area contributed by atoms with Crippen LogP contribution in [0.2, 0.25) is 0 Å². The summed E-state index contributed by atoms with van der Waals surface area (Å²) in [5.74, 6) is 0. The number of urea groups is 1. The number of carbonyl (C=O) groups excluding carboxylic acids is 1. The Bertz CT molecular complexity index is 419. The molecule has 0 heterocycles. The quantitative estimate of drug-likeness (QED) is 0.499. The normalized spacial score (nSPS) is 10.3. The largest absolute Gasteiger partial charge is 0.350 e. The van der Waals surface area contributed by atoms with E-state index in [0.717, 1.165) is 10.6 Å². The molecule has 0 aliphatic heterocycles. The first-order valence-electron chi connectivity index (χ1n) is 4.07. The molecule has 1 aromatic rings.